The molecule has 0 aliphatic rings. The Morgan fingerprint density at radius 2 is 2.31 bits per heavy atom. The van der Waals surface area contributed by atoms with Gasteiger partial charge in [-0.05, 0) is 0 Å². The molecular formula is C9H6F2N2O3. The summed E-state index contributed by atoms with van der Waals surface area (Å²) in [5.74, 6) is -1.74. The van der Waals surface area contributed by atoms with Gasteiger partial charge in [-0.25, -0.2) is 18.6 Å². The number of ether oxygens (including phenoxy) is 1. The van der Waals surface area contributed by atoms with Crippen molar-refractivity contribution in [3.63, 3.8) is 0 Å². The lowest BCUT2D eigenvalue weighted by Crippen LogP contribution is -2.08. The molecule has 16 heavy (non-hydrogen) atoms. The molecule has 0 aliphatic heterocycles. The summed E-state index contributed by atoms with van der Waals surface area (Å²) < 4.78 is 29.5. The largest absolute Gasteiger partial charge is 0.494 e. The van der Waals surface area contributed by atoms with E-state index in [1.54, 1.807) is 0 Å². The summed E-state index contributed by atoms with van der Waals surface area (Å²) in [6, 6.07) is 1.40. The molecule has 0 bridgehead atoms. The zero-order valence-electron chi connectivity index (χ0n) is 8.07. The van der Waals surface area contributed by atoms with E-state index in [9.17, 15) is 13.6 Å². The molecule has 1 rings (SSSR count). The molecule has 0 saturated carbocycles. The number of nitrogens with zero attached hydrogens (tertiary/aromatic N) is 2. The Bertz CT molecular complexity index is 469. The molecule has 0 radical (unpaired) electrons. The van der Waals surface area contributed by atoms with Gasteiger partial charge in [-0.1, -0.05) is 0 Å². The van der Waals surface area contributed by atoms with Crippen LogP contribution in [0.3, 0.4) is 0 Å². The summed E-state index contributed by atoms with van der Waals surface area (Å²) in [7, 11) is 1.16. The number of aromatic carboxylic acids is 1. The number of nitriles is 1. The van der Waals surface area contributed by atoms with Crippen LogP contribution >= 0.6 is 0 Å². The molecule has 0 spiro atoms. The minimum Gasteiger partial charge on any atom is -0.494 e. The molecular weight excluding hydrogens is 222 g/mol. The highest BCUT2D eigenvalue weighted by Gasteiger charge is 2.25. The number of aromatic nitrogens is 1. The highest BCUT2D eigenvalue weighted by Crippen LogP contribution is 2.28. The zero-order chi connectivity index (χ0) is 12.3. The van der Waals surface area contributed by atoms with Gasteiger partial charge >= 0.3 is 5.97 Å². The van der Waals surface area contributed by atoms with Crippen LogP contribution in [-0.2, 0) is 0 Å². The maximum atomic E-state index is 12.4. The Kier molecular flexibility index (Phi) is 3.35. The van der Waals surface area contributed by atoms with Crippen LogP contribution in [0.2, 0.25) is 0 Å². The first-order valence-corrected chi connectivity index (χ1v) is 4.01. The average molecular weight is 228 g/mol. The molecule has 0 fully saturated rings. The fourth-order valence-electron chi connectivity index (χ4n) is 1.15. The van der Waals surface area contributed by atoms with Gasteiger partial charge in [0.1, 0.15) is 17.3 Å². The van der Waals surface area contributed by atoms with Crippen molar-refractivity contribution in [3.8, 4) is 11.8 Å². The van der Waals surface area contributed by atoms with Gasteiger partial charge in [0.15, 0.2) is 5.75 Å². The molecule has 0 saturated heterocycles. The summed E-state index contributed by atoms with van der Waals surface area (Å²) >= 11 is 0. The average Bonchev–Trinajstić information content (AvgIpc) is 2.26. The van der Waals surface area contributed by atoms with Crippen molar-refractivity contribution in [1.82, 2.24) is 4.98 Å². The van der Waals surface area contributed by atoms with Gasteiger partial charge in [0.05, 0.1) is 18.9 Å². The zero-order valence-corrected chi connectivity index (χ0v) is 8.07. The van der Waals surface area contributed by atoms with Gasteiger partial charge < -0.3 is 9.84 Å². The molecule has 1 aromatic heterocycles. The van der Waals surface area contributed by atoms with Gasteiger partial charge in [-0.2, -0.15) is 5.26 Å². The van der Waals surface area contributed by atoms with E-state index in [0.717, 1.165) is 13.3 Å². The molecule has 1 heterocycles. The number of hydrogen-bond donors (Lipinski definition) is 1. The topological polar surface area (TPSA) is 83.2 Å². The first-order valence-electron chi connectivity index (χ1n) is 4.01. The van der Waals surface area contributed by atoms with Gasteiger partial charge in [-0.3, -0.25) is 0 Å². The quantitative estimate of drug-likeness (QED) is 0.849. The monoisotopic (exact) mass is 228 g/mol. The number of rotatable bonds is 3. The smallest absolute Gasteiger partial charge is 0.340 e. The summed E-state index contributed by atoms with van der Waals surface area (Å²) in [6.45, 7) is 0. The third-order valence-corrected chi connectivity index (χ3v) is 1.83. The third-order valence-electron chi connectivity index (χ3n) is 1.83. The van der Waals surface area contributed by atoms with Crippen molar-refractivity contribution in [2.75, 3.05) is 7.11 Å². The second-order valence-corrected chi connectivity index (χ2v) is 2.68. The first kappa shape index (κ1) is 11.8. The standard InChI is InChI=1S/C9H6F2N2O3/c1-16-5-3-13-7(8(10)11)4(2-12)6(5)9(14)15/h3,8H,1H3,(H,14,15). The van der Waals surface area contributed by atoms with Gasteiger partial charge in [0.25, 0.3) is 6.43 Å². The van der Waals surface area contributed by atoms with Crippen LogP contribution in [0.4, 0.5) is 8.78 Å². The summed E-state index contributed by atoms with van der Waals surface area (Å²) in [6.07, 6.45) is -2.16. The first-order chi connectivity index (χ1) is 7.52. The predicted octanol–water partition coefficient (Wildman–Crippen LogP) is 1.60. The Balaban J connectivity index is 3.58. The third kappa shape index (κ3) is 1.91. The summed E-state index contributed by atoms with van der Waals surface area (Å²) in [4.78, 5) is 14.1. The molecule has 7 heteroatoms. The number of carboxylic acids is 1. The van der Waals surface area contributed by atoms with Crippen LogP contribution in [-0.4, -0.2) is 23.2 Å². The number of alkyl halides is 2. The number of hydrogen-bond acceptors (Lipinski definition) is 4. The van der Waals surface area contributed by atoms with E-state index in [1.165, 1.54) is 6.07 Å². The van der Waals surface area contributed by atoms with E-state index in [0.29, 0.717) is 0 Å². The molecule has 5 nitrogen and oxygen atoms in total. The van der Waals surface area contributed by atoms with Gasteiger partial charge in [0, 0.05) is 0 Å². The van der Waals surface area contributed by atoms with Crippen molar-refractivity contribution in [2.24, 2.45) is 0 Å². The Morgan fingerprint density at radius 3 is 2.69 bits per heavy atom. The maximum Gasteiger partial charge on any atom is 0.340 e. The highest BCUT2D eigenvalue weighted by atomic mass is 19.3. The fourth-order valence-corrected chi connectivity index (χ4v) is 1.15. The Hall–Kier alpha value is -2.23. The normalized spacial score (nSPS) is 9.94. The number of methoxy groups -OCH3 is 1. The Labute approximate surface area is 88.9 Å². The van der Waals surface area contributed by atoms with E-state index < -0.39 is 29.2 Å². The SMILES string of the molecule is COc1cnc(C(F)F)c(C#N)c1C(=O)O. The van der Waals surface area contributed by atoms with E-state index >= 15 is 0 Å². The van der Waals surface area contributed by atoms with Gasteiger partial charge in [-0.15, -0.1) is 0 Å². The van der Waals surface area contributed by atoms with Crippen LogP contribution in [0.5, 0.6) is 5.75 Å². The number of carboxylic acid groups (broad SMARTS) is 1. The molecule has 1 N–H and O–H groups in total. The maximum absolute atomic E-state index is 12.4. The van der Waals surface area contributed by atoms with Crippen LogP contribution in [0.25, 0.3) is 0 Å². The van der Waals surface area contributed by atoms with Crippen molar-refractivity contribution in [1.29, 1.82) is 5.26 Å². The van der Waals surface area contributed by atoms with Crippen molar-refractivity contribution < 1.29 is 23.4 Å². The van der Waals surface area contributed by atoms with E-state index in [2.05, 4.69) is 9.72 Å². The van der Waals surface area contributed by atoms with Crippen molar-refractivity contribution in [3.05, 3.63) is 23.0 Å². The van der Waals surface area contributed by atoms with E-state index in [-0.39, 0.29) is 5.75 Å². The van der Waals surface area contributed by atoms with Crippen LogP contribution in [0.1, 0.15) is 28.0 Å². The van der Waals surface area contributed by atoms with Crippen molar-refractivity contribution >= 4 is 5.97 Å². The minimum absolute atomic E-state index is 0.228. The summed E-state index contributed by atoms with van der Waals surface area (Å²) in [5.41, 5.74) is -2.14. The molecule has 84 valence electrons. The minimum atomic E-state index is -3.02. The lowest BCUT2D eigenvalue weighted by molar-refractivity contribution is 0.0692. The predicted molar refractivity (Wildman–Crippen MR) is 47.4 cm³/mol. The Morgan fingerprint density at radius 1 is 1.69 bits per heavy atom. The van der Waals surface area contributed by atoms with Crippen LogP contribution in [0, 0.1) is 11.3 Å². The van der Waals surface area contributed by atoms with Gasteiger partial charge in [0.2, 0.25) is 0 Å². The number of carbonyl (C=O) groups is 1. The van der Waals surface area contributed by atoms with E-state index in [1.807, 2.05) is 0 Å². The lowest BCUT2D eigenvalue weighted by Gasteiger charge is -2.08. The number of pyridine rings is 1. The van der Waals surface area contributed by atoms with Crippen LogP contribution in [0.15, 0.2) is 6.20 Å². The highest BCUT2D eigenvalue weighted by molar-refractivity contribution is 5.94. The molecule has 0 amide bonds. The molecule has 0 atom stereocenters. The number of halogens is 2. The second kappa shape index (κ2) is 4.53. The lowest BCUT2D eigenvalue weighted by atomic mass is 10.1. The summed E-state index contributed by atoms with van der Waals surface area (Å²) in [5, 5.41) is 17.5. The van der Waals surface area contributed by atoms with E-state index in [4.69, 9.17) is 10.4 Å². The molecule has 1 aromatic rings. The van der Waals surface area contributed by atoms with Crippen molar-refractivity contribution in [2.45, 2.75) is 6.43 Å². The molecule has 0 aromatic carbocycles. The van der Waals surface area contributed by atoms with Crippen LogP contribution < -0.4 is 4.74 Å². The fraction of sp³-hybridized carbons (Fsp3) is 0.222. The second-order valence-electron chi connectivity index (χ2n) is 2.68. The molecule has 0 unspecified atom stereocenters. The molecule has 0 aliphatic carbocycles.